The van der Waals surface area contributed by atoms with Gasteiger partial charge >= 0.3 is 11.9 Å². The van der Waals surface area contributed by atoms with Gasteiger partial charge in [0, 0.05) is 31.0 Å². The van der Waals surface area contributed by atoms with Crippen LogP contribution in [0, 0.1) is 12.7 Å². The van der Waals surface area contributed by atoms with Gasteiger partial charge in [-0.1, -0.05) is 6.07 Å². The summed E-state index contributed by atoms with van der Waals surface area (Å²) in [6.07, 6.45) is 7.68. The van der Waals surface area contributed by atoms with E-state index in [1.807, 2.05) is 36.1 Å². The molecule has 0 atom stereocenters. The lowest BCUT2D eigenvalue weighted by Crippen LogP contribution is -2.16. The molecule has 0 radical (unpaired) electrons. The first kappa shape index (κ1) is 30.0. The summed E-state index contributed by atoms with van der Waals surface area (Å²) in [5.41, 5.74) is 2.97. The predicted molar refractivity (Wildman–Crippen MR) is 151 cm³/mol. The van der Waals surface area contributed by atoms with Gasteiger partial charge in [0.25, 0.3) is 5.91 Å². The maximum Gasteiger partial charge on any atom is 0.303 e. The van der Waals surface area contributed by atoms with Crippen molar-refractivity contribution in [3.05, 3.63) is 71.8 Å². The fourth-order valence-electron chi connectivity index (χ4n) is 4.18. The zero-order valence-electron chi connectivity index (χ0n) is 23.5. The molecule has 1 amide bonds. The van der Waals surface area contributed by atoms with Gasteiger partial charge in [-0.15, -0.1) is 10.2 Å². The van der Waals surface area contributed by atoms with Crippen LogP contribution in [0.4, 0.5) is 10.2 Å². The van der Waals surface area contributed by atoms with Crippen LogP contribution >= 0.6 is 0 Å². The number of hydrogen-bond acceptors (Lipinski definition) is 7. The van der Waals surface area contributed by atoms with Crippen LogP contribution in [0.1, 0.15) is 79.5 Å². The zero-order valence-corrected chi connectivity index (χ0v) is 23.5. The third-order valence-corrected chi connectivity index (χ3v) is 6.54. The second-order valence-electron chi connectivity index (χ2n) is 10.3. The molecular formula is C29H32FN7O5. The van der Waals surface area contributed by atoms with E-state index in [1.54, 1.807) is 36.9 Å². The number of aromatic nitrogens is 6. The highest BCUT2D eigenvalue weighted by Crippen LogP contribution is 2.39. The topological polar surface area (TPSA) is 165 Å². The molecule has 3 aromatic heterocycles. The summed E-state index contributed by atoms with van der Waals surface area (Å²) in [7, 11) is 0. The number of carboxylic acids is 2. The molecule has 0 unspecified atom stereocenters. The first-order valence-electron chi connectivity index (χ1n) is 13.5. The number of carbonyl (C=O) groups excluding carboxylic acids is 1. The lowest BCUT2D eigenvalue weighted by atomic mass is 10.1. The van der Waals surface area contributed by atoms with Crippen LogP contribution in [0.2, 0.25) is 0 Å². The minimum Gasteiger partial charge on any atom is -0.481 e. The maximum atomic E-state index is 14.8. The summed E-state index contributed by atoms with van der Waals surface area (Å²) in [6.45, 7) is 5.85. The fraction of sp³-hybridized carbons (Fsp3) is 0.345. The van der Waals surface area contributed by atoms with Gasteiger partial charge in [0.05, 0.1) is 23.3 Å². The number of carbonyl (C=O) groups is 3. The number of halogens is 1. The summed E-state index contributed by atoms with van der Waals surface area (Å²) < 4.78 is 18.5. The molecule has 0 spiro atoms. The quantitative estimate of drug-likeness (QED) is 0.235. The second kappa shape index (κ2) is 13.1. The SMILES string of the molecule is Cc1cc(F)c(C(=O)Nc2cccc(-c3nncn3C(C)C)n2)cc1-n1cnc(C2CC2)c1.O=C(O)CCCC(=O)O. The Morgan fingerprint density at radius 2 is 1.81 bits per heavy atom. The van der Waals surface area contributed by atoms with E-state index < -0.39 is 23.7 Å². The summed E-state index contributed by atoms with van der Waals surface area (Å²) in [5, 5.41) is 26.9. The number of anilines is 1. The second-order valence-corrected chi connectivity index (χ2v) is 10.3. The number of nitrogens with zero attached hydrogens (tertiary/aromatic N) is 6. The van der Waals surface area contributed by atoms with Gasteiger partial charge in [-0.2, -0.15) is 0 Å². The van der Waals surface area contributed by atoms with E-state index in [1.165, 1.54) is 6.07 Å². The van der Waals surface area contributed by atoms with Crippen LogP contribution in [0.15, 0.2) is 49.2 Å². The summed E-state index contributed by atoms with van der Waals surface area (Å²) >= 11 is 0. The number of rotatable bonds is 10. The Morgan fingerprint density at radius 3 is 2.45 bits per heavy atom. The smallest absolute Gasteiger partial charge is 0.303 e. The summed E-state index contributed by atoms with van der Waals surface area (Å²) in [6, 6.07) is 8.29. The molecule has 5 rings (SSSR count). The molecule has 42 heavy (non-hydrogen) atoms. The van der Waals surface area contributed by atoms with E-state index in [2.05, 4.69) is 25.5 Å². The molecule has 0 bridgehead atoms. The molecule has 220 valence electrons. The highest BCUT2D eigenvalue weighted by molar-refractivity contribution is 6.04. The van der Waals surface area contributed by atoms with Crippen LogP contribution in [-0.4, -0.2) is 57.4 Å². The van der Waals surface area contributed by atoms with E-state index in [0.717, 1.165) is 24.1 Å². The van der Waals surface area contributed by atoms with Crippen LogP contribution < -0.4 is 5.32 Å². The summed E-state index contributed by atoms with van der Waals surface area (Å²) in [5.74, 6) is -1.66. The lowest BCUT2D eigenvalue weighted by molar-refractivity contribution is -0.138. The van der Waals surface area contributed by atoms with Crippen molar-refractivity contribution in [3.63, 3.8) is 0 Å². The van der Waals surface area contributed by atoms with Gasteiger partial charge < -0.3 is 24.7 Å². The molecule has 1 saturated carbocycles. The molecule has 3 N–H and O–H groups in total. The van der Waals surface area contributed by atoms with E-state index in [0.29, 0.717) is 28.9 Å². The number of aryl methyl sites for hydroxylation is 1. The van der Waals surface area contributed by atoms with Crippen molar-refractivity contribution in [2.24, 2.45) is 0 Å². The Bertz CT molecular complexity index is 1580. The molecule has 0 saturated heterocycles. The number of imidazole rings is 1. The molecule has 4 aromatic rings. The van der Waals surface area contributed by atoms with Gasteiger partial charge in [0.15, 0.2) is 5.82 Å². The Hall–Kier alpha value is -4.94. The van der Waals surface area contributed by atoms with Crippen molar-refractivity contribution < 1.29 is 29.0 Å². The van der Waals surface area contributed by atoms with Gasteiger partial charge in [0.1, 0.15) is 23.7 Å². The van der Waals surface area contributed by atoms with Crippen LogP contribution in [0.3, 0.4) is 0 Å². The Morgan fingerprint density at radius 1 is 1.10 bits per heavy atom. The molecular weight excluding hydrogens is 545 g/mol. The van der Waals surface area contributed by atoms with E-state index in [4.69, 9.17) is 10.2 Å². The van der Waals surface area contributed by atoms with Crippen molar-refractivity contribution in [3.8, 4) is 17.2 Å². The van der Waals surface area contributed by atoms with Crippen molar-refractivity contribution >= 4 is 23.7 Å². The monoisotopic (exact) mass is 577 g/mol. The first-order chi connectivity index (χ1) is 20.0. The normalized spacial score (nSPS) is 12.5. The maximum absolute atomic E-state index is 14.8. The number of benzene rings is 1. The third kappa shape index (κ3) is 7.62. The van der Waals surface area contributed by atoms with Crippen LogP contribution in [-0.2, 0) is 9.59 Å². The van der Waals surface area contributed by atoms with E-state index in [-0.39, 0.29) is 30.9 Å². The molecule has 1 aliphatic rings. The molecule has 3 heterocycles. The van der Waals surface area contributed by atoms with Gasteiger partial charge in [-0.05, 0) is 69.9 Å². The number of carboxylic acid groups (broad SMARTS) is 2. The Kier molecular flexibility index (Phi) is 9.40. The lowest BCUT2D eigenvalue weighted by Gasteiger charge is -2.12. The number of hydrogen-bond donors (Lipinski definition) is 3. The molecule has 1 fully saturated rings. The van der Waals surface area contributed by atoms with Crippen molar-refractivity contribution in [1.82, 2.24) is 29.3 Å². The largest absolute Gasteiger partial charge is 0.481 e. The molecule has 1 aliphatic carbocycles. The minimum atomic E-state index is -0.948. The number of nitrogens with one attached hydrogen (secondary N) is 1. The highest BCUT2D eigenvalue weighted by Gasteiger charge is 2.26. The van der Waals surface area contributed by atoms with Gasteiger partial charge in [-0.3, -0.25) is 14.4 Å². The highest BCUT2D eigenvalue weighted by atomic mass is 19.1. The average Bonchev–Trinajstić information content (AvgIpc) is 3.44. The molecule has 1 aromatic carbocycles. The minimum absolute atomic E-state index is 0.0603. The zero-order chi connectivity index (χ0) is 30.4. The van der Waals surface area contributed by atoms with Crippen LogP contribution in [0.5, 0.6) is 0 Å². The van der Waals surface area contributed by atoms with E-state index in [9.17, 15) is 18.8 Å². The number of aliphatic carboxylic acids is 2. The summed E-state index contributed by atoms with van der Waals surface area (Å²) in [4.78, 5) is 41.5. The molecule has 0 aliphatic heterocycles. The molecule has 12 nitrogen and oxygen atoms in total. The predicted octanol–water partition coefficient (Wildman–Crippen LogP) is 5.01. The van der Waals surface area contributed by atoms with Gasteiger partial charge in [-0.25, -0.2) is 14.4 Å². The standard InChI is InChI=1S/C24H24FN7O.C5H8O4/c1-14(2)32-13-27-30-23(32)19-5-4-6-22(28-19)29-24(33)17-10-21(15(3)9-18(17)25)31-11-20(26-12-31)16-7-8-16;6-4(7)2-1-3-5(8)9/h4-6,9-14,16H,7-8H2,1-3H3,(H,28,29,33);1-3H2,(H,6,7)(H,8,9). The molecule has 13 heteroatoms. The van der Waals surface area contributed by atoms with Crippen molar-refractivity contribution in [1.29, 1.82) is 0 Å². The number of amides is 1. The van der Waals surface area contributed by atoms with Crippen LogP contribution in [0.25, 0.3) is 17.2 Å². The van der Waals surface area contributed by atoms with E-state index >= 15 is 0 Å². The number of pyridine rings is 1. The van der Waals surface area contributed by atoms with Crippen molar-refractivity contribution in [2.45, 2.75) is 64.8 Å². The third-order valence-electron chi connectivity index (χ3n) is 6.54. The Labute approximate surface area is 241 Å². The fourth-order valence-corrected chi connectivity index (χ4v) is 4.18. The van der Waals surface area contributed by atoms with Crippen molar-refractivity contribution in [2.75, 3.05) is 5.32 Å². The first-order valence-corrected chi connectivity index (χ1v) is 13.5. The Balaban J connectivity index is 0.000000392. The average molecular weight is 578 g/mol. The van der Waals surface area contributed by atoms with Gasteiger partial charge in [0.2, 0.25) is 0 Å².